The van der Waals surface area contributed by atoms with E-state index in [0.717, 1.165) is 11.3 Å². The molecule has 2 aromatic heterocycles. The van der Waals surface area contributed by atoms with Gasteiger partial charge < -0.3 is 9.64 Å². The van der Waals surface area contributed by atoms with Gasteiger partial charge >= 0.3 is 12.2 Å². The van der Waals surface area contributed by atoms with Gasteiger partial charge in [0.25, 0.3) is 0 Å². The van der Waals surface area contributed by atoms with Gasteiger partial charge in [-0.3, -0.25) is 9.79 Å². The Morgan fingerprint density at radius 3 is 2.26 bits per heavy atom. The lowest BCUT2D eigenvalue weighted by Crippen LogP contribution is -2.50. The fourth-order valence-corrected chi connectivity index (χ4v) is 3.92. The molecule has 0 atom stereocenters. The van der Waals surface area contributed by atoms with Gasteiger partial charge in [-0.1, -0.05) is 13.8 Å². The van der Waals surface area contributed by atoms with E-state index in [2.05, 4.69) is 23.9 Å². The minimum absolute atomic E-state index is 0.219. The van der Waals surface area contributed by atoms with Crippen LogP contribution in [-0.2, 0) is 14.5 Å². The molecule has 10 nitrogen and oxygen atoms in total. The molecule has 1 aliphatic rings. The van der Waals surface area contributed by atoms with Crippen LogP contribution in [0.2, 0.25) is 0 Å². The summed E-state index contributed by atoms with van der Waals surface area (Å²) in [5.41, 5.74) is 1.23. The summed E-state index contributed by atoms with van der Waals surface area (Å²) in [6.07, 6.45) is 1.90. The van der Waals surface area contributed by atoms with Crippen LogP contribution in [0.4, 0.5) is 15.4 Å². The largest absolute Gasteiger partial charge is 0.447 e. The smallest absolute Gasteiger partial charge is 0.444 e. The number of ether oxygens (including phenoxy) is 1. The van der Waals surface area contributed by atoms with Crippen molar-refractivity contribution in [3.05, 3.63) is 23.5 Å². The fraction of sp³-hybridized carbons (Fsp3) is 0.680. The van der Waals surface area contributed by atoms with Crippen LogP contribution in [0.3, 0.4) is 0 Å². The summed E-state index contributed by atoms with van der Waals surface area (Å²) in [6, 6.07) is 1.59. The van der Waals surface area contributed by atoms with E-state index in [9.17, 15) is 9.59 Å². The molecule has 0 unspecified atom stereocenters. The molecule has 2 amide bonds. The molecule has 1 aliphatic heterocycles. The normalized spacial score (nSPS) is 15.5. The summed E-state index contributed by atoms with van der Waals surface area (Å²) in [7, 11) is 0. The number of piperidine rings is 1. The highest BCUT2D eigenvalue weighted by molar-refractivity contribution is 5.87. The number of aryl methyl sites for hydroxylation is 1. The van der Waals surface area contributed by atoms with E-state index in [4.69, 9.17) is 14.5 Å². The molecule has 1 saturated heterocycles. The number of hydrogen-bond acceptors (Lipinski definition) is 7. The van der Waals surface area contributed by atoms with Crippen LogP contribution in [0, 0.1) is 6.92 Å². The van der Waals surface area contributed by atoms with Crippen LogP contribution in [0.5, 0.6) is 0 Å². The molecule has 0 aromatic carbocycles. The molecule has 10 heteroatoms. The van der Waals surface area contributed by atoms with E-state index in [1.54, 1.807) is 41.3 Å². The molecule has 3 rings (SSSR count). The third kappa shape index (κ3) is 6.62. The van der Waals surface area contributed by atoms with Crippen molar-refractivity contribution in [3.63, 3.8) is 0 Å². The predicted octanol–water partition coefficient (Wildman–Crippen LogP) is 5.23. The number of nitrogens with zero attached hydrogens (tertiary/aromatic N) is 5. The summed E-state index contributed by atoms with van der Waals surface area (Å²) >= 11 is 0. The van der Waals surface area contributed by atoms with E-state index in [0.29, 0.717) is 37.4 Å². The van der Waals surface area contributed by atoms with Crippen LogP contribution in [0.25, 0.3) is 5.65 Å². The molecule has 0 N–H and O–H groups in total. The van der Waals surface area contributed by atoms with E-state index in [-0.39, 0.29) is 18.1 Å². The Balaban J connectivity index is 1.93. The molecular formula is C25H39N5O5. The van der Waals surface area contributed by atoms with Crippen molar-refractivity contribution in [3.8, 4) is 0 Å². The Kier molecular flexibility index (Phi) is 7.64. The lowest BCUT2D eigenvalue weighted by molar-refractivity contribution is -0.299. The Bertz CT molecular complexity index is 1060. The second-order valence-electron chi connectivity index (χ2n) is 11.4. The molecular weight excluding hydrogens is 450 g/mol. The SMILES string of the molecule is Cc1cc(N(C(=O)OOC(C)(C)C)C2CCN(C(=O)OC(C)(C)C)CC2)n2ncc(C(C)C)c2n1. The number of carbonyl (C=O) groups is 2. The molecule has 1 fully saturated rings. The van der Waals surface area contributed by atoms with Gasteiger partial charge in [0.05, 0.1) is 6.20 Å². The number of likely N-dealkylation sites (tertiary alicyclic amines) is 1. The zero-order valence-electron chi connectivity index (χ0n) is 22.4. The van der Waals surface area contributed by atoms with Crippen molar-refractivity contribution in [1.29, 1.82) is 0 Å². The third-order valence-electron chi connectivity index (χ3n) is 5.52. The topological polar surface area (TPSA) is 98.5 Å². The Morgan fingerprint density at radius 1 is 1.09 bits per heavy atom. The van der Waals surface area contributed by atoms with Crippen molar-refractivity contribution in [2.75, 3.05) is 18.0 Å². The van der Waals surface area contributed by atoms with Gasteiger partial charge in [-0.2, -0.15) is 14.5 Å². The van der Waals surface area contributed by atoms with Gasteiger partial charge in [-0.05, 0) is 67.2 Å². The van der Waals surface area contributed by atoms with Gasteiger partial charge in [0, 0.05) is 36.5 Å². The Labute approximate surface area is 207 Å². The third-order valence-corrected chi connectivity index (χ3v) is 5.52. The summed E-state index contributed by atoms with van der Waals surface area (Å²) in [5.74, 6) is 0.772. The van der Waals surface area contributed by atoms with Crippen molar-refractivity contribution >= 4 is 23.7 Å². The Morgan fingerprint density at radius 2 is 1.71 bits per heavy atom. The maximum Gasteiger partial charge on any atom is 0.447 e. The maximum absolute atomic E-state index is 13.4. The van der Waals surface area contributed by atoms with Crippen LogP contribution in [0.15, 0.2) is 12.3 Å². The van der Waals surface area contributed by atoms with Gasteiger partial charge in [-0.15, -0.1) is 0 Å². The Hall–Kier alpha value is -2.88. The fourth-order valence-electron chi connectivity index (χ4n) is 3.92. The molecule has 0 radical (unpaired) electrons. The summed E-state index contributed by atoms with van der Waals surface area (Å²) in [6.45, 7) is 17.9. The average Bonchev–Trinajstić information content (AvgIpc) is 3.15. The van der Waals surface area contributed by atoms with Crippen molar-refractivity contribution in [2.24, 2.45) is 0 Å². The molecule has 3 heterocycles. The minimum atomic E-state index is -0.665. The molecule has 2 aromatic rings. The zero-order chi connectivity index (χ0) is 26.1. The van der Waals surface area contributed by atoms with Gasteiger partial charge in [0.15, 0.2) is 5.65 Å². The first-order chi connectivity index (χ1) is 16.2. The molecule has 0 saturated carbocycles. The first kappa shape index (κ1) is 26.7. The summed E-state index contributed by atoms with van der Waals surface area (Å²) in [5, 5.41) is 4.55. The van der Waals surface area contributed by atoms with Crippen molar-refractivity contribution < 1.29 is 24.1 Å². The molecule has 194 valence electrons. The first-order valence-corrected chi connectivity index (χ1v) is 12.2. The van der Waals surface area contributed by atoms with Gasteiger partial charge in [0.1, 0.15) is 17.0 Å². The number of carbonyl (C=O) groups excluding carboxylic acids is 2. The highest BCUT2D eigenvalue weighted by Crippen LogP contribution is 2.29. The van der Waals surface area contributed by atoms with Crippen molar-refractivity contribution in [1.82, 2.24) is 19.5 Å². The number of amides is 2. The van der Waals surface area contributed by atoms with E-state index >= 15 is 0 Å². The number of aromatic nitrogens is 3. The second-order valence-corrected chi connectivity index (χ2v) is 11.4. The lowest BCUT2D eigenvalue weighted by atomic mass is 10.0. The average molecular weight is 490 g/mol. The van der Waals surface area contributed by atoms with Gasteiger partial charge in [0.2, 0.25) is 0 Å². The molecule has 35 heavy (non-hydrogen) atoms. The van der Waals surface area contributed by atoms with Crippen LogP contribution in [0.1, 0.15) is 85.4 Å². The maximum atomic E-state index is 13.4. The lowest BCUT2D eigenvalue weighted by Gasteiger charge is -2.38. The highest BCUT2D eigenvalue weighted by Gasteiger charge is 2.36. The first-order valence-electron chi connectivity index (χ1n) is 12.2. The van der Waals surface area contributed by atoms with Crippen molar-refractivity contribution in [2.45, 2.75) is 98.3 Å². The monoisotopic (exact) mass is 489 g/mol. The number of hydrogen-bond donors (Lipinski definition) is 0. The van der Waals surface area contributed by atoms with E-state index in [1.807, 2.05) is 33.8 Å². The van der Waals surface area contributed by atoms with Crippen LogP contribution < -0.4 is 4.90 Å². The standard InChI is InChI=1S/C25H39N5O5/c1-16(2)19-15-26-30-20(14-17(3)27-21(19)30)29(23(32)34-35-25(7,8)9)18-10-12-28(13-11-18)22(31)33-24(4,5)6/h14-16,18H,10-13H2,1-9H3. The number of fused-ring (bicyclic) bond motifs is 1. The minimum Gasteiger partial charge on any atom is -0.444 e. The molecule has 0 bridgehead atoms. The number of rotatable bonds is 4. The number of anilines is 1. The van der Waals surface area contributed by atoms with E-state index in [1.165, 1.54) is 0 Å². The summed E-state index contributed by atoms with van der Waals surface area (Å²) in [4.78, 5) is 44.5. The predicted molar refractivity (Wildman–Crippen MR) is 132 cm³/mol. The zero-order valence-corrected chi connectivity index (χ0v) is 22.4. The van der Waals surface area contributed by atoms with Gasteiger partial charge in [-0.25, -0.2) is 14.6 Å². The summed E-state index contributed by atoms with van der Waals surface area (Å²) < 4.78 is 7.20. The molecule has 0 spiro atoms. The van der Waals surface area contributed by atoms with Crippen LogP contribution >= 0.6 is 0 Å². The quantitative estimate of drug-likeness (QED) is 0.428. The molecule has 0 aliphatic carbocycles. The van der Waals surface area contributed by atoms with E-state index < -0.39 is 17.3 Å². The second kappa shape index (κ2) is 10.0. The van der Waals surface area contributed by atoms with Crippen LogP contribution in [-0.4, -0.2) is 62.0 Å². The highest BCUT2D eigenvalue weighted by atomic mass is 17.2.